The average Bonchev–Trinajstić information content (AvgIpc) is 2.83. The summed E-state index contributed by atoms with van der Waals surface area (Å²) in [4.78, 5) is 16.7. The van der Waals surface area contributed by atoms with Crippen LogP contribution in [-0.2, 0) is 22.4 Å². The van der Waals surface area contributed by atoms with Crippen LogP contribution < -0.4 is 15.0 Å². The highest BCUT2D eigenvalue weighted by molar-refractivity contribution is 5.78. The van der Waals surface area contributed by atoms with Gasteiger partial charge in [0.25, 0.3) is 0 Å². The molecule has 0 saturated carbocycles. The summed E-state index contributed by atoms with van der Waals surface area (Å²) < 4.78 is 11.7. The molecule has 1 N–H and O–H groups in total. The number of rotatable bonds is 8. The Morgan fingerprint density at radius 2 is 1.91 bits per heavy atom. The molecule has 0 bridgehead atoms. The molecular formula is C26H35N3O3. The molecule has 0 aromatic heterocycles. The second kappa shape index (κ2) is 10.8. The van der Waals surface area contributed by atoms with Gasteiger partial charge in [0, 0.05) is 45.5 Å². The molecule has 1 amide bonds. The van der Waals surface area contributed by atoms with Gasteiger partial charge < -0.3 is 19.7 Å². The molecule has 0 spiro atoms. The van der Waals surface area contributed by atoms with Crippen molar-refractivity contribution in [3.05, 3.63) is 59.2 Å². The number of anilines is 1. The van der Waals surface area contributed by atoms with Gasteiger partial charge in [0.1, 0.15) is 5.75 Å². The van der Waals surface area contributed by atoms with Gasteiger partial charge in [-0.3, -0.25) is 9.69 Å². The first-order valence-electron chi connectivity index (χ1n) is 11.8. The van der Waals surface area contributed by atoms with Crippen molar-refractivity contribution in [2.75, 3.05) is 57.9 Å². The number of hydrogen-bond donors (Lipinski definition) is 1. The van der Waals surface area contributed by atoms with Crippen molar-refractivity contribution >= 4 is 11.6 Å². The molecule has 1 saturated heterocycles. The number of amides is 1. The van der Waals surface area contributed by atoms with E-state index in [-0.39, 0.29) is 12.0 Å². The summed E-state index contributed by atoms with van der Waals surface area (Å²) in [7, 11) is 1.68. The van der Waals surface area contributed by atoms with E-state index in [4.69, 9.17) is 9.47 Å². The van der Waals surface area contributed by atoms with Crippen molar-refractivity contribution in [3.63, 3.8) is 0 Å². The lowest BCUT2D eigenvalue weighted by Crippen LogP contribution is -2.46. The predicted octanol–water partition coefficient (Wildman–Crippen LogP) is 3.20. The second-order valence-electron chi connectivity index (χ2n) is 8.54. The molecule has 2 aromatic rings. The van der Waals surface area contributed by atoms with E-state index in [2.05, 4.69) is 57.6 Å². The quantitative estimate of drug-likeness (QED) is 0.687. The van der Waals surface area contributed by atoms with Gasteiger partial charge in [-0.2, -0.15) is 0 Å². The SMILES string of the molecule is CCOc1ccc(N2CCN(CC[C@@H]3OCCc4cc(CC(=O)NC)ccc43)CC2)cc1. The molecule has 0 aliphatic carbocycles. The number of nitrogens with zero attached hydrogens (tertiary/aromatic N) is 2. The van der Waals surface area contributed by atoms with Crippen LogP contribution in [-0.4, -0.2) is 63.8 Å². The molecule has 2 aliphatic heterocycles. The summed E-state index contributed by atoms with van der Waals surface area (Å²) in [6.07, 6.45) is 2.52. The van der Waals surface area contributed by atoms with E-state index in [0.717, 1.165) is 63.5 Å². The first-order chi connectivity index (χ1) is 15.7. The lowest BCUT2D eigenvalue weighted by molar-refractivity contribution is -0.119. The zero-order valence-electron chi connectivity index (χ0n) is 19.3. The normalized spacial score (nSPS) is 18.8. The van der Waals surface area contributed by atoms with Gasteiger partial charge in [0.05, 0.1) is 25.7 Å². The average molecular weight is 438 g/mol. The van der Waals surface area contributed by atoms with Crippen molar-refractivity contribution in [1.82, 2.24) is 10.2 Å². The Kier molecular flexibility index (Phi) is 7.66. The lowest BCUT2D eigenvalue weighted by atomic mass is 9.93. The van der Waals surface area contributed by atoms with Gasteiger partial charge in [-0.25, -0.2) is 0 Å². The van der Waals surface area contributed by atoms with Crippen molar-refractivity contribution < 1.29 is 14.3 Å². The van der Waals surface area contributed by atoms with Crippen molar-refractivity contribution in [3.8, 4) is 5.75 Å². The number of hydrogen-bond acceptors (Lipinski definition) is 5. The Labute approximate surface area is 191 Å². The minimum Gasteiger partial charge on any atom is -0.494 e. The van der Waals surface area contributed by atoms with Crippen LogP contribution in [0, 0.1) is 0 Å². The zero-order chi connectivity index (χ0) is 22.3. The van der Waals surface area contributed by atoms with E-state index in [1.165, 1.54) is 16.8 Å². The standard InChI is InChI=1S/C26H35N3O3/c1-3-31-23-7-5-22(6-8-23)29-15-13-28(14-16-29)12-10-25-24-9-4-20(19-26(30)27-2)18-21(24)11-17-32-25/h4-9,18,25H,3,10-17,19H2,1-2H3,(H,27,30)/t25-/m0/s1. The first-order valence-corrected chi connectivity index (χ1v) is 11.8. The highest BCUT2D eigenvalue weighted by atomic mass is 16.5. The number of benzene rings is 2. The summed E-state index contributed by atoms with van der Waals surface area (Å²) in [6, 6.07) is 14.9. The number of fused-ring (bicyclic) bond motifs is 1. The Balaban J connectivity index is 1.27. The van der Waals surface area contributed by atoms with E-state index >= 15 is 0 Å². The number of carbonyl (C=O) groups excluding carboxylic acids is 1. The third kappa shape index (κ3) is 5.61. The molecule has 1 atom stereocenters. The second-order valence-corrected chi connectivity index (χ2v) is 8.54. The van der Waals surface area contributed by atoms with Crippen molar-refractivity contribution in [2.24, 2.45) is 0 Å². The van der Waals surface area contributed by atoms with Crippen LogP contribution in [0.4, 0.5) is 5.69 Å². The smallest absolute Gasteiger partial charge is 0.224 e. The molecule has 6 nitrogen and oxygen atoms in total. The van der Waals surface area contributed by atoms with Gasteiger partial charge >= 0.3 is 0 Å². The van der Waals surface area contributed by atoms with Gasteiger partial charge in [0.15, 0.2) is 0 Å². The Bertz CT molecular complexity index is 892. The van der Waals surface area contributed by atoms with Crippen LogP contribution in [0.5, 0.6) is 5.75 Å². The Morgan fingerprint density at radius 1 is 1.12 bits per heavy atom. The number of piperazine rings is 1. The summed E-state index contributed by atoms with van der Waals surface area (Å²) in [5.74, 6) is 0.987. The minimum atomic E-state index is 0.0536. The summed E-state index contributed by atoms with van der Waals surface area (Å²) in [5, 5.41) is 2.70. The molecule has 2 aromatic carbocycles. The van der Waals surface area contributed by atoms with Crippen LogP contribution in [0.3, 0.4) is 0 Å². The fourth-order valence-corrected chi connectivity index (χ4v) is 4.66. The maximum atomic E-state index is 11.7. The van der Waals surface area contributed by atoms with Crippen molar-refractivity contribution in [1.29, 1.82) is 0 Å². The molecule has 32 heavy (non-hydrogen) atoms. The van der Waals surface area contributed by atoms with Crippen LogP contribution in [0.2, 0.25) is 0 Å². The monoisotopic (exact) mass is 437 g/mol. The molecule has 4 rings (SSSR count). The lowest BCUT2D eigenvalue weighted by Gasteiger charge is -2.37. The topological polar surface area (TPSA) is 54.0 Å². The fraction of sp³-hybridized carbons (Fsp3) is 0.500. The maximum absolute atomic E-state index is 11.7. The maximum Gasteiger partial charge on any atom is 0.224 e. The third-order valence-corrected chi connectivity index (χ3v) is 6.48. The highest BCUT2D eigenvalue weighted by Gasteiger charge is 2.24. The van der Waals surface area contributed by atoms with E-state index in [0.29, 0.717) is 13.0 Å². The largest absolute Gasteiger partial charge is 0.494 e. The third-order valence-electron chi connectivity index (χ3n) is 6.48. The molecule has 0 unspecified atom stereocenters. The van der Waals surface area contributed by atoms with Gasteiger partial charge in [-0.05, 0) is 60.7 Å². The van der Waals surface area contributed by atoms with Crippen LogP contribution in [0.15, 0.2) is 42.5 Å². The van der Waals surface area contributed by atoms with E-state index in [1.807, 2.05) is 6.92 Å². The summed E-state index contributed by atoms with van der Waals surface area (Å²) >= 11 is 0. The van der Waals surface area contributed by atoms with Crippen LogP contribution in [0.25, 0.3) is 0 Å². The summed E-state index contributed by atoms with van der Waals surface area (Å²) in [6.45, 7) is 8.72. The van der Waals surface area contributed by atoms with E-state index < -0.39 is 0 Å². The van der Waals surface area contributed by atoms with Crippen LogP contribution >= 0.6 is 0 Å². The fourth-order valence-electron chi connectivity index (χ4n) is 4.66. The zero-order valence-corrected chi connectivity index (χ0v) is 19.3. The van der Waals surface area contributed by atoms with E-state index in [1.54, 1.807) is 7.05 Å². The number of carbonyl (C=O) groups is 1. The van der Waals surface area contributed by atoms with Crippen molar-refractivity contribution in [2.45, 2.75) is 32.3 Å². The van der Waals surface area contributed by atoms with E-state index in [9.17, 15) is 4.79 Å². The van der Waals surface area contributed by atoms with Gasteiger partial charge in [-0.1, -0.05) is 18.2 Å². The molecule has 6 heteroatoms. The first kappa shape index (κ1) is 22.6. The molecule has 1 fully saturated rings. The van der Waals surface area contributed by atoms with Crippen LogP contribution in [0.1, 0.15) is 36.1 Å². The van der Waals surface area contributed by atoms with Gasteiger partial charge in [-0.15, -0.1) is 0 Å². The number of likely N-dealkylation sites (N-methyl/N-ethyl adjacent to an activating group) is 1. The predicted molar refractivity (Wildman–Crippen MR) is 127 cm³/mol. The Morgan fingerprint density at radius 3 is 2.62 bits per heavy atom. The molecule has 172 valence electrons. The minimum absolute atomic E-state index is 0.0536. The van der Waals surface area contributed by atoms with Gasteiger partial charge in [0.2, 0.25) is 5.91 Å². The molecule has 2 heterocycles. The number of nitrogens with one attached hydrogen (secondary N) is 1. The molecule has 2 aliphatic rings. The number of ether oxygens (including phenoxy) is 2. The highest BCUT2D eigenvalue weighted by Crippen LogP contribution is 2.31. The summed E-state index contributed by atoms with van der Waals surface area (Å²) in [5.41, 5.74) is 4.98. The Hall–Kier alpha value is -2.57. The molecular weight excluding hydrogens is 402 g/mol. The molecule has 0 radical (unpaired) electrons.